The van der Waals surface area contributed by atoms with Crippen molar-refractivity contribution in [3.05, 3.63) is 10.4 Å². The van der Waals surface area contributed by atoms with Crippen molar-refractivity contribution in [3.63, 3.8) is 0 Å². The Balaban J connectivity index is 2.50. The minimum Gasteiger partial charge on any atom is -0.465 e. The van der Waals surface area contributed by atoms with Crippen LogP contribution in [-0.4, -0.2) is 57.1 Å². The van der Waals surface area contributed by atoms with E-state index in [1.54, 1.807) is 14.1 Å². The third-order valence-corrected chi connectivity index (χ3v) is 4.68. The Kier molecular flexibility index (Phi) is 4.38. The Morgan fingerprint density at radius 3 is 2.57 bits per heavy atom. The van der Waals surface area contributed by atoms with E-state index in [4.69, 9.17) is 16.2 Å². The van der Waals surface area contributed by atoms with Crippen molar-refractivity contribution in [1.82, 2.24) is 4.90 Å². The second kappa shape index (κ2) is 5.90. The van der Waals surface area contributed by atoms with Gasteiger partial charge < -0.3 is 26.0 Å². The number of esters is 1. The van der Waals surface area contributed by atoms with Crippen LogP contribution in [0.3, 0.4) is 0 Å². The normalized spacial score (nSPS) is 17.9. The highest BCUT2D eigenvalue weighted by molar-refractivity contribution is 7.19. The van der Waals surface area contributed by atoms with Crippen molar-refractivity contribution in [3.8, 4) is 0 Å². The molecule has 21 heavy (non-hydrogen) atoms. The van der Waals surface area contributed by atoms with Gasteiger partial charge in [0.1, 0.15) is 15.4 Å². The Bertz CT molecular complexity index is 570. The van der Waals surface area contributed by atoms with Gasteiger partial charge in [-0.1, -0.05) is 0 Å². The number of amides is 1. The lowest BCUT2D eigenvalue weighted by molar-refractivity contribution is 0.0603. The van der Waals surface area contributed by atoms with Crippen LogP contribution in [0.5, 0.6) is 0 Å². The van der Waals surface area contributed by atoms with Crippen molar-refractivity contribution in [2.45, 2.75) is 12.5 Å². The molecule has 1 fully saturated rings. The topological polar surface area (TPSA) is 102 Å². The van der Waals surface area contributed by atoms with Gasteiger partial charge in [-0.15, -0.1) is 11.3 Å². The highest BCUT2D eigenvalue weighted by Gasteiger charge is 2.32. The number of nitrogens with zero attached hydrogens (tertiary/aromatic N) is 2. The van der Waals surface area contributed by atoms with Gasteiger partial charge >= 0.3 is 5.97 Å². The van der Waals surface area contributed by atoms with E-state index in [-0.39, 0.29) is 23.2 Å². The van der Waals surface area contributed by atoms with Crippen LogP contribution in [0.15, 0.2) is 0 Å². The largest absolute Gasteiger partial charge is 0.465 e. The van der Waals surface area contributed by atoms with Crippen molar-refractivity contribution in [1.29, 1.82) is 0 Å². The minimum atomic E-state index is -0.531. The summed E-state index contributed by atoms with van der Waals surface area (Å²) in [7, 11) is 4.59. The van der Waals surface area contributed by atoms with Crippen LogP contribution in [0.2, 0.25) is 0 Å². The third kappa shape index (κ3) is 2.81. The number of thiophene rings is 1. The molecule has 0 saturated carbocycles. The van der Waals surface area contributed by atoms with E-state index in [1.807, 2.05) is 4.90 Å². The standard InChI is InChI=1S/C13H20N4O3S/c1-16(2)11(18)10-9(15)8(13(19)20-3)12(21-10)17-5-4-7(14)6-17/h7H,4-6,14-15H2,1-3H3. The number of ether oxygens (including phenoxy) is 1. The van der Waals surface area contributed by atoms with Crippen molar-refractivity contribution in [2.75, 3.05) is 44.9 Å². The minimum absolute atomic E-state index is 0.0619. The molecule has 1 atom stereocenters. The van der Waals surface area contributed by atoms with Crippen LogP contribution in [0.4, 0.5) is 10.7 Å². The molecule has 1 aliphatic heterocycles. The highest BCUT2D eigenvalue weighted by Crippen LogP contribution is 2.40. The molecule has 0 spiro atoms. The molecular formula is C13H20N4O3S. The lowest BCUT2D eigenvalue weighted by Crippen LogP contribution is -2.26. The first kappa shape index (κ1) is 15.6. The first-order chi connectivity index (χ1) is 9.86. The molecule has 0 aromatic carbocycles. The van der Waals surface area contributed by atoms with Crippen LogP contribution in [0.1, 0.15) is 26.5 Å². The summed E-state index contributed by atoms with van der Waals surface area (Å²) in [5.41, 5.74) is 12.4. The average molecular weight is 312 g/mol. The molecule has 1 amide bonds. The van der Waals surface area contributed by atoms with Gasteiger partial charge in [0.25, 0.3) is 5.91 Å². The van der Waals surface area contributed by atoms with Gasteiger partial charge in [0, 0.05) is 33.2 Å². The monoisotopic (exact) mass is 312 g/mol. The van der Waals surface area contributed by atoms with Gasteiger partial charge in [0.2, 0.25) is 0 Å². The molecule has 1 unspecified atom stereocenters. The molecule has 8 heteroatoms. The smallest absolute Gasteiger partial charge is 0.343 e. The van der Waals surface area contributed by atoms with Crippen molar-refractivity contribution < 1.29 is 14.3 Å². The molecular weight excluding hydrogens is 292 g/mol. The second-order valence-electron chi connectivity index (χ2n) is 5.21. The average Bonchev–Trinajstić information content (AvgIpc) is 3.00. The first-order valence-electron chi connectivity index (χ1n) is 6.59. The maximum absolute atomic E-state index is 12.2. The van der Waals surface area contributed by atoms with Crippen LogP contribution in [0, 0.1) is 0 Å². The van der Waals surface area contributed by atoms with E-state index in [1.165, 1.54) is 23.3 Å². The van der Waals surface area contributed by atoms with E-state index < -0.39 is 5.97 Å². The molecule has 1 aliphatic rings. The van der Waals surface area contributed by atoms with Crippen molar-refractivity contribution >= 4 is 33.9 Å². The lowest BCUT2D eigenvalue weighted by atomic mass is 10.2. The Hall–Kier alpha value is -1.80. The number of carbonyl (C=O) groups is 2. The number of rotatable bonds is 3. The molecule has 2 heterocycles. The fourth-order valence-corrected chi connectivity index (χ4v) is 3.55. The van der Waals surface area contributed by atoms with Gasteiger partial charge in [-0.2, -0.15) is 0 Å². The summed E-state index contributed by atoms with van der Waals surface area (Å²) in [4.78, 5) is 28.0. The van der Waals surface area contributed by atoms with Gasteiger partial charge in [0.05, 0.1) is 12.8 Å². The molecule has 0 aliphatic carbocycles. The molecule has 0 bridgehead atoms. The second-order valence-corrected chi connectivity index (χ2v) is 6.21. The predicted octanol–water partition coefficient (Wildman–Crippen LogP) is 0.356. The molecule has 1 aromatic heterocycles. The van der Waals surface area contributed by atoms with Gasteiger partial charge in [-0.3, -0.25) is 4.79 Å². The molecule has 1 aromatic rings. The van der Waals surface area contributed by atoms with Crippen LogP contribution in [0.25, 0.3) is 0 Å². The lowest BCUT2D eigenvalue weighted by Gasteiger charge is -2.17. The summed E-state index contributed by atoms with van der Waals surface area (Å²) in [6, 6.07) is 0.0619. The summed E-state index contributed by atoms with van der Waals surface area (Å²) in [6.45, 7) is 1.38. The molecule has 4 N–H and O–H groups in total. The predicted molar refractivity (Wildman–Crippen MR) is 82.9 cm³/mol. The van der Waals surface area contributed by atoms with Gasteiger partial charge in [0.15, 0.2) is 0 Å². The van der Waals surface area contributed by atoms with Gasteiger partial charge in [-0.05, 0) is 6.42 Å². The van der Waals surface area contributed by atoms with E-state index in [0.717, 1.165) is 13.0 Å². The summed E-state index contributed by atoms with van der Waals surface area (Å²) in [5.74, 6) is -0.755. The summed E-state index contributed by atoms with van der Waals surface area (Å²) in [6.07, 6.45) is 0.843. The molecule has 7 nitrogen and oxygen atoms in total. The SMILES string of the molecule is COC(=O)c1c(N2CCC(N)C2)sc(C(=O)N(C)C)c1N. The number of hydrogen-bond donors (Lipinski definition) is 2. The van der Waals surface area contributed by atoms with Crippen LogP contribution in [-0.2, 0) is 4.74 Å². The van der Waals surface area contributed by atoms with E-state index in [0.29, 0.717) is 16.4 Å². The Morgan fingerprint density at radius 2 is 2.10 bits per heavy atom. The molecule has 1 saturated heterocycles. The highest BCUT2D eigenvalue weighted by atomic mass is 32.1. The van der Waals surface area contributed by atoms with Crippen molar-refractivity contribution in [2.24, 2.45) is 5.73 Å². The number of carbonyl (C=O) groups excluding carboxylic acids is 2. The summed E-state index contributed by atoms with van der Waals surface area (Å²) >= 11 is 1.22. The number of nitrogens with two attached hydrogens (primary N) is 2. The number of hydrogen-bond acceptors (Lipinski definition) is 7. The van der Waals surface area contributed by atoms with E-state index >= 15 is 0 Å². The quantitative estimate of drug-likeness (QED) is 0.781. The van der Waals surface area contributed by atoms with Crippen LogP contribution >= 0.6 is 11.3 Å². The molecule has 2 rings (SSSR count). The van der Waals surface area contributed by atoms with E-state index in [2.05, 4.69) is 0 Å². The zero-order valence-corrected chi connectivity index (χ0v) is 13.2. The maximum atomic E-state index is 12.2. The number of anilines is 2. The summed E-state index contributed by atoms with van der Waals surface area (Å²) < 4.78 is 4.80. The fraction of sp³-hybridized carbons (Fsp3) is 0.538. The number of nitrogen functional groups attached to an aromatic ring is 1. The number of methoxy groups -OCH3 is 1. The fourth-order valence-electron chi connectivity index (χ4n) is 2.29. The third-order valence-electron chi connectivity index (χ3n) is 3.43. The first-order valence-corrected chi connectivity index (χ1v) is 7.41. The summed E-state index contributed by atoms with van der Waals surface area (Å²) in [5, 5.41) is 0.664. The molecule has 0 radical (unpaired) electrons. The van der Waals surface area contributed by atoms with Gasteiger partial charge in [-0.25, -0.2) is 4.79 Å². The van der Waals surface area contributed by atoms with Crippen LogP contribution < -0.4 is 16.4 Å². The zero-order chi connectivity index (χ0) is 15.7. The zero-order valence-electron chi connectivity index (χ0n) is 12.4. The Labute approximate surface area is 127 Å². The Morgan fingerprint density at radius 1 is 1.43 bits per heavy atom. The maximum Gasteiger partial charge on any atom is 0.343 e. The van der Waals surface area contributed by atoms with E-state index in [9.17, 15) is 9.59 Å². The molecule has 116 valence electrons.